The third-order valence-electron chi connectivity index (χ3n) is 2.88. The summed E-state index contributed by atoms with van der Waals surface area (Å²) in [6.45, 7) is 3.12. The van der Waals surface area contributed by atoms with Crippen LogP contribution in [0.2, 0.25) is 5.02 Å². The molecule has 0 fully saturated rings. The Balaban J connectivity index is 1.99. The number of halogens is 1. The van der Waals surface area contributed by atoms with Crippen molar-refractivity contribution in [1.29, 1.82) is 0 Å². The first-order chi connectivity index (χ1) is 7.75. The molecular weight excluding hydrogens is 220 g/mol. The predicted octanol–water partition coefficient (Wildman–Crippen LogP) is 3.57. The van der Waals surface area contributed by atoms with Crippen molar-refractivity contribution in [2.75, 3.05) is 6.54 Å². The summed E-state index contributed by atoms with van der Waals surface area (Å²) in [6, 6.07) is 8.27. The summed E-state index contributed by atoms with van der Waals surface area (Å²) >= 11 is 5.86. The summed E-state index contributed by atoms with van der Waals surface area (Å²) < 4.78 is 0. The van der Waals surface area contributed by atoms with Crippen LogP contribution in [0.5, 0.6) is 0 Å². The molecule has 0 saturated carbocycles. The quantitative estimate of drug-likeness (QED) is 0.834. The predicted molar refractivity (Wildman–Crippen MR) is 69.2 cm³/mol. The van der Waals surface area contributed by atoms with Crippen LogP contribution in [0.3, 0.4) is 0 Å². The van der Waals surface area contributed by atoms with Crippen molar-refractivity contribution in [3.8, 4) is 0 Å². The van der Waals surface area contributed by atoms with E-state index in [9.17, 15) is 0 Å². The van der Waals surface area contributed by atoms with Crippen molar-refractivity contribution < 1.29 is 0 Å². The molecule has 0 bridgehead atoms. The monoisotopic (exact) mass is 236 g/mol. The van der Waals surface area contributed by atoms with E-state index in [0.717, 1.165) is 23.8 Å². The van der Waals surface area contributed by atoms with E-state index in [0.29, 0.717) is 6.04 Å². The molecule has 0 unspecified atom stereocenters. The van der Waals surface area contributed by atoms with Crippen LogP contribution in [0.1, 0.15) is 37.8 Å². The average Bonchev–Trinajstić information content (AvgIpc) is 2.31. The summed E-state index contributed by atoms with van der Waals surface area (Å²) in [5.41, 5.74) is 1.25. The number of nitrogens with zero attached hydrogens (tertiary/aromatic N) is 1. The SMILES string of the molecule is C[C@@H](NC1=NCCCC1)c1ccc(Cl)cc1. The largest absolute Gasteiger partial charge is 0.367 e. The highest BCUT2D eigenvalue weighted by molar-refractivity contribution is 6.30. The van der Waals surface area contributed by atoms with Gasteiger partial charge in [0.25, 0.3) is 0 Å². The molecule has 0 radical (unpaired) electrons. The van der Waals surface area contributed by atoms with Gasteiger partial charge < -0.3 is 5.32 Å². The van der Waals surface area contributed by atoms with E-state index in [1.54, 1.807) is 0 Å². The smallest absolute Gasteiger partial charge is 0.0967 e. The Morgan fingerprint density at radius 2 is 2.00 bits per heavy atom. The zero-order valence-corrected chi connectivity index (χ0v) is 10.3. The number of amidine groups is 1. The van der Waals surface area contributed by atoms with Crippen molar-refractivity contribution in [2.45, 2.75) is 32.2 Å². The first-order valence-corrected chi connectivity index (χ1v) is 6.19. The van der Waals surface area contributed by atoms with Gasteiger partial charge in [0.15, 0.2) is 0 Å². The van der Waals surface area contributed by atoms with Gasteiger partial charge in [-0.2, -0.15) is 0 Å². The molecule has 1 aliphatic rings. The van der Waals surface area contributed by atoms with Crippen LogP contribution in [0, 0.1) is 0 Å². The van der Waals surface area contributed by atoms with Crippen LogP contribution in [-0.4, -0.2) is 12.4 Å². The van der Waals surface area contributed by atoms with Crippen molar-refractivity contribution >= 4 is 17.4 Å². The Kier molecular flexibility index (Phi) is 3.83. The Labute approximate surface area is 102 Å². The molecule has 2 nitrogen and oxygen atoms in total. The molecule has 0 amide bonds. The van der Waals surface area contributed by atoms with Crippen LogP contribution in [-0.2, 0) is 0 Å². The minimum Gasteiger partial charge on any atom is -0.367 e. The fraction of sp³-hybridized carbons (Fsp3) is 0.462. The normalized spacial score (nSPS) is 17.8. The van der Waals surface area contributed by atoms with Gasteiger partial charge in [-0.1, -0.05) is 23.7 Å². The van der Waals surface area contributed by atoms with E-state index in [1.807, 2.05) is 12.1 Å². The molecule has 1 atom stereocenters. The molecule has 1 aliphatic heterocycles. The minimum atomic E-state index is 0.300. The summed E-state index contributed by atoms with van der Waals surface area (Å²) in [7, 11) is 0. The van der Waals surface area contributed by atoms with Gasteiger partial charge >= 0.3 is 0 Å². The van der Waals surface area contributed by atoms with Gasteiger partial charge in [-0.3, -0.25) is 4.99 Å². The van der Waals surface area contributed by atoms with Gasteiger partial charge in [-0.15, -0.1) is 0 Å². The zero-order valence-electron chi connectivity index (χ0n) is 9.54. The molecule has 1 aromatic carbocycles. The molecule has 0 aliphatic carbocycles. The highest BCUT2D eigenvalue weighted by atomic mass is 35.5. The van der Waals surface area contributed by atoms with Gasteiger partial charge in [0.05, 0.1) is 5.84 Å². The fourth-order valence-corrected chi connectivity index (χ4v) is 2.03. The Bertz CT molecular complexity index is 370. The van der Waals surface area contributed by atoms with Crippen LogP contribution in [0.4, 0.5) is 0 Å². The topological polar surface area (TPSA) is 24.4 Å². The van der Waals surface area contributed by atoms with Crippen molar-refractivity contribution in [3.05, 3.63) is 34.9 Å². The van der Waals surface area contributed by atoms with E-state index < -0.39 is 0 Å². The highest BCUT2D eigenvalue weighted by Crippen LogP contribution is 2.17. The summed E-state index contributed by atoms with van der Waals surface area (Å²) in [4.78, 5) is 4.49. The average molecular weight is 237 g/mol. The van der Waals surface area contributed by atoms with Crippen molar-refractivity contribution in [2.24, 2.45) is 4.99 Å². The van der Waals surface area contributed by atoms with Gasteiger partial charge in [0, 0.05) is 24.0 Å². The second-order valence-electron chi connectivity index (χ2n) is 4.20. The van der Waals surface area contributed by atoms with Gasteiger partial charge in [0.1, 0.15) is 0 Å². The van der Waals surface area contributed by atoms with E-state index in [-0.39, 0.29) is 0 Å². The maximum atomic E-state index is 5.86. The molecular formula is C13H17ClN2. The number of hydrogen-bond donors (Lipinski definition) is 1. The number of rotatable bonds is 2. The maximum absolute atomic E-state index is 5.86. The highest BCUT2D eigenvalue weighted by Gasteiger charge is 2.09. The second-order valence-corrected chi connectivity index (χ2v) is 4.64. The van der Waals surface area contributed by atoms with Crippen LogP contribution in [0.15, 0.2) is 29.3 Å². The number of benzene rings is 1. The molecule has 1 N–H and O–H groups in total. The molecule has 16 heavy (non-hydrogen) atoms. The molecule has 3 heteroatoms. The number of hydrogen-bond acceptors (Lipinski definition) is 2. The molecule has 86 valence electrons. The molecule has 0 aromatic heterocycles. The zero-order chi connectivity index (χ0) is 11.4. The summed E-state index contributed by atoms with van der Waals surface area (Å²) in [5.74, 6) is 1.15. The first kappa shape index (κ1) is 11.5. The van der Waals surface area contributed by atoms with Crippen LogP contribution in [0.25, 0.3) is 0 Å². The number of nitrogens with one attached hydrogen (secondary N) is 1. The summed E-state index contributed by atoms with van der Waals surface area (Å²) in [5, 5.41) is 4.24. The molecule has 0 saturated heterocycles. The first-order valence-electron chi connectivity index (χ1n) is 5.81. The fourth-order valence-electron chi connectivity index (χ4n) is 1.90. The van der Waals surface area contributed by atoms with E-state index in [2.05, 4.69) is 29.4 Å². The second kappa shape index (κ2) is 5.35. The Morgan fingerprint density at radius 3 is 2.62 bits per heavy atom. The molecule has 1 aromatic rings. The standard InChI is InChI=1S/C13H17ClN2/c1-10(11-5-7-12(14)8-6-11)16-13-4-2-3-9-15-13/h5-8,10H,2-4,9H2,1H3,(H,15,16)/t10-/m1/s1. The lowest BCUT2D eigenvalue weighted by atomic mass is 10.1. The lowest BCUT2D eigenvalue weighted by molar-refractivity contribution is 0.656. The third kappa shape index (κ3) is 2.99. The van der Waals surface area contributed by atoms with E-state index in [1.165, 1.54) is 18.4 Å². The van der Waals surface area contributed by atoms with Gasteiger partial charge in [-0.25, -0.2) is 0 Å². The number of aliphatic imine (C=N–C) groups is 1. The Hall–Kier alpha value is -1.02. The molecule has 2 rings (SSSR count). The van der Waals surface area contributed by atoms with Crippen LogP contribution >= 0.6 is 11.6 Å². The summed E-state index contributed by atoms with van der Waals surface area (Å²) in [6.07, 6.45) is 3.55. The van der Waals surface area contributed by atoms with Crippen LogP contribution < -0.4 is 5.32 Å². The third-order valence-corrected chi connectivity index (χ3v) is 3.13. The lowest BCUT2D eigenvalue weighted by Crippen LogP contribution is -2.28. The van der Waals surface area contributed by atoms with Crippen molar-refractivity contribution in [1.82, 2.24) is 5.32 Å². The maximum Gasteiger partial charge on any atom is 0.0967 e. The lowest BCUT2D eigenvalue weighted by Gasteiger charge is -2.19. The minimum absolute atomic E-state index is 0.300. The Morgan fingerprint density at radius 1 is 1.25 bits per heavy atom. The van der Waals surface area contributed by atoms with Gasteiger partial charge in [0.2, 0.25) is 0 Å². The molecule has 0 spiro atoms. The molecule has 1 heterocycles. The van der Waals surface area contributed by atoms with Gasteiger partial charge in [-0.05, 0) is 37.5 Å². The van der Waals surface area contributed by atoms with Crippen molar-refractivity contribution in [3.63, 3.8) is 0 Å². The van der Waals surface area contributed by atoms with E-state index in [4.69, 9.17) is 11.6 Å². The van der Waals surface area contributed by atoms with E-state index >= 15 is 0 Å².